The Bertz CT molecular complexity index is 1740. The molecule has 49 heavy (non-hydrogen) atoms. The average molecular weight is 671 g/mol. The Kier molecular flexibility index (Phi) is 9.38. The number of anilines is 1. The van der Waals surface area contributed by atoms with Crippen LogP contribution in [0.3, 0.4) is 0 Å². The van der Waals surface area contributed by atoms with E-state index >= 15 is 0 Å². The molecular weight excluding hydrogens is 624 g/mol. The van der Waals surface area contributed by atoms with Crippen molar-refractivity contribution in [3.63, 3.8) is 0 Å². The second kappa shape index (κ2) is 13.4. The van der Waals surface area contributed by atoms with Gasteiger partial charge >= 0.3 is 0 Å². The number of fused-ring (bicyclic) bond motifs is 2. The highest BCUT2D eigenvalue weighted by molar-refractivity contribution is 6.03. The molecule has 7 atom stereocenters. The predicted octanol–water partition coefficient (Wildman–Crippen LogP) is 3.80. The highest BCUT2D eigenvalue weighted by atomic mass is 16.5. The molecule has 12 nitrogen and oxygen atoms in total. The van der Waals surface area contributed by atoms with Crippen molar-refractivity contribution in [2.24, 2.45) is 17.8 Å². The van der Waals surface area contributed by atoms with E-state index in [-0.39, 0.29) is 50.0 Å². The topological polar surface area (TPSA) is 130 Å². The Hall–Kier alpha value is -4.55. The number of aromatic nitrogens is 3. The number of para-hydroxylation sites is 1. The van der Waals surface area contributed by atoms with E-state index in [1.807, 2.05) is 76.2 Å². The van der Waals surface area contributed by atoms with Crippen LogP contribution in [0.2, 0.25) is 0 Å². The number of carbonyl (C=O) groups excluding carboxylic acids is 3. The van der Waals surface area contributed by atoms with Gasteiger partial charge in [0.15, 0.2) is 0 Å². The van der Waals surface area contributed by atoms with Crippen LogP contribution in [0, 0.1) is 17.8 Å². The molecule has 3 aliphatic rings. The van der Waals surface area contributed by atoms with Crippen LogP contribution in [-0.2, 0) is 25.8 Å². The molecule has 0 saturated carbocycles. The molecule has 0 aliphatic carbocycles. The summed E-state index contributed by atoms with van der Waals surface area (Å²) in [5.41, 5.74) is -0.251. The zero-order valence-electron chi connectivity index (χ0n) is 28.7. The molecular formula is C37H46N6O6. The van der Waals surface area contributed by atoms with Crippen molar-refractivity contribution in [3.8, 4) is 5.75 Å². The summed E-state index contributed by atoms with van der Waals surface area (Å²) in [6.07, 6.45) is 4.09. The van der Waals surface area contributed by atoms with Gasteiger partial charge in [0.1, 0.15) is 29.6 Å². The Labute approximate surface area is 286 Å². The smallest absolute Gasteiger partial charge is 0.250 e. The minimum Gasteiger partial charge on any atom is -0.494 e. The van der Waals surface area contributed by atoms with Gasteiger partial charge in [-0.3, -0.25) is 14.4 Å². The van der Waals surface area contributed by atoms with Crippen molar-refractivity contribution >= 4 is 34.4 Å². The molecule has 2 aromatic carbocycles. The first-order valence-electron chi connectivity index (χ1n) is 17.1. The Balaban J connectivity index is 1.42. The van der Waals surface area contributed by atoms with Crippen LogP contribution in [0.5, 0.6) is 5.75 Å². The lowest BCUT2D eigenvalue weighted by Gasteiger charge is -2.39. The number of benzene rings is 2. The number of carbonyl (C=O) groups is 3. The van der Waals surface area contributed by atoms with Crippen LogP contribution in [0.4, 0.5) is 5.69 Å². The van der Waals surface area contributed by atoms with Gasteiger partial charge in [-0.25, -0.2) is 4.68 Å². The summed E-state index contributed by atoms with van der Waals surface area (Å²) in [7, 11) is 0. The number of nitrogens with zero attached hydrogens (tertiary/aromatic N) is 6. The highest BCUT2D eigenvalue weighted by Crippen LogP contribution is 2.66. The maximum Gasteiger partial charge on any atom is 0.250 e. The summed E-state index contributed by atoms with van der Waals surface area (Å²) in [4.78, 5) is 49.4. The number of hydrogen-bond acceptors (Lipinski definition) is 8. The number of aliphatic hydroxyl groups is 1. The third-order valence-corrected chi connectivity index (χ3v) is 10.8. The summed E-state index contributed by atoms with van der Waals surface area (Å²) in [5, 5.41) is 19.1. The average Bonchev–Trinajstić information content (AvgIpc) is 3.77. The van der Waals surface area contributed by atoms with Gasteiger partial charge in [0, 0.05) is 18.8 Å². The molecule has 3 unspecified atom stereocenters. The Morgan fingerprint density at radius 3 is 2.49 bits per heavy atom. The van der Waals surface area contributed by atoms with Gasteiger partial charge < -0.3 is 29.3 Å². The van der Waals surface area contributed by atoms with E-state index in [1.54, 1.807) is 26.6 Å². The molecule has 0 radical (unpaired) electrons. The van der Waals surface area contributed by atoms with E-state index in [9.17, 15) is 19.5 Å². The largest absolute Gasteiger partial charge is 0.494 e. The van der Waals surface area contributed by atoms with Crippen LogP contribution >= 0.6 is 0 Å². The molecule has 1 spiro atoms. The second-order valence-electron chi connectivity index (χ2n) is 13.4. The maximum absolute atomic E-state index is 15.0. The fourth-order valence-electron chi connectivity index (χ4n) is 8.38. The molecule has 260 valence electrons. The first-order chi connectivity index (χ1) is 23.6. The number of aliphatic hydroxyl groups excluding tert-OH is 1. The van der Waals surface area contributed by atoms with Gasteiger partial charge in [0.25, 0.3) is 0 Å². The summed E-state index contributed by atoms with van der Waals surface area (Å²) in [6.45, 7) is 16.1. The highest BCUT2D eigenvalue weighted by Gasteiger charge is 2.80. The monoisotopic (exact) mass is 670 g/mol. The second-order valence-corrected chi connectivity index (χ2v) is 13.4. The number of ether oxygens (including phenoxy) is 2. The minimum atomic E-state index is -1.30. The van der Waals surface area contributed by atoms with Gasteiger partial charge in [-0.15, -0.1) is 18.3 Å². The lowest BCUT2D eigenvalue weighted by atomic mass is 9.62. The van der Waals surface area contributed by atoms with Gasteiger partial charge in [0.2, 0.25) is 17.7 Å². The zero-order chi connectivity index (χ0) is 35.1. The van der Waals surface area contributed by atoms with E-state index < -0.39 is 35.1 Å². The zero-order valence-corrected chi connectivity index (χ0v) is 28.7. The van der Waals surface area contributed by atoms with Crippen LogP contribution < -0.4 is 9.64 Å². The van der Waals surface area contributed by atoms with Crippen molar-refractivity contribution in [1.82, 2.24) is 24.8 Å². The molecule has 12 heteroatoms. The minimum absolute atomic E-state index is 0.0561. The quantitative estimate of drug-likeness (QED) is 0.257. The summed E-state index contributed by atoms with van der Waals surface area (Å²) in [6, 6.07) is 13.0. The van der Waals surface area contributed by atoms with E-state index in [0.29, 0.717) is 36.4 Å². The first kappa shape index (κ1) is 34.3. The lowest BCUT2D eigenvalue weighted by molar-refractivity contribution is -0.156. The first-order valence-corrected chi connectivity index (χ1v) is 17.1. The summed E-state index contributed by atoms with van der Waals surface area (Å²) >= 11 is 0. The van der Waals surface area contributed by atoms with Crippen molar-refractivity contribution in [3.05, 3.63) is 73.8 Å². The molecule has 3 fully saturated rings. The number of rotatable bonds is 14. The molecule has 3 aromatic rings. The summed E-state index contributed by atoms with van der Waals surface area (Å²) < 4.78 is 14.3. The Morgan fingerprint density at radius 2 is 1.84 bits per heavy atom. The maximum atomic E-state index is 15.0. The molecule has 2 bridgehead atoms. The van der Waals surface area contributed by atoms with E-state index in [1.165, 1.54) is 4.90 Å². The normalized spacial score (nSPS) is 27.6. The number of likely N-dealkylation sites (tertiary alicyclic amines) is 1. The van der Waals surface area contributed by atoms with Gasteiger partial charge in [-0.1, -0.05) is 43.3 Å². The van der Waals surface area contributed by atoms with Crippen LogP contribution in [0.25, 0.3) is 11.0 Å². The number of hydrogen-bond donors (Lipinski definition) is 1. The predicted molar refractivity (Wildman–Crippen MR) is 184 cm³/mol. The van der Waals surface area contributed by atoms with Gasteiger partial charge in [-0.05, 0) is 69.0 Å². The van der Waals surface area contributed by atoms with Crippen molar-refractivity contribution in [1.29, 1.82) is 0 Å². The van der Waals surface area contributed by atoms with Gasteiger partial charge in [0.05, 0.1) is 42.2 Å². The molecule has 3 saturated heterocycles. The third kappa shape index (κ3) is 5.41. The van der Waals surface area contributed by atoms with Crippen LogP contribution in [-0.4, -0.2) is 97.2 Å². The molecule has 3 amide bonds. The Morgan fingerprint density at radius 1 is 1.12 bits per heavy atom. The van der Waals surface area contributed by atoms with E-state index in [2.05, 4.69) is 23.5 Å². The van der Waals surface area contributed by atoms with Crippen molar-refractivity contribution in [2.75, 3.05) is 31.2 Å². The molecule has 1 aromatic heterocycles. The molecule has 1 N–H and O–H groups in total. The third-order valence-electron chi connectivity index (χ3n) is 10.8. The van der Waals surface area contributed by atoms with Gasteiger partial charge in [-0.2, -0.15) is 0 Å². The van der Waals surface area contributed by atoms with Crippen LogP contribution in [0.1, 0.15) is 40.5 Å². The summed E-state index contributed by atoms with van der Waals surface area (Å²) in [5.74, 6) is -2.30. The molecule has 6 rings (SSSR count). The number of amides is 3. The SMILES string of the molecule is C=CCN(Cn1nnc2ccccc21)C(=O)C1N([C@@H](CC)CO)C(=O)[C@@H]2[C@@H](C(=O)N(CC=C)c3ccc(OCC)cc3)[C@]3(C)OC12CC3C. The lowest BCUT2D eigenvalue weighted by Crippen LogP contribution is -2.59. The van der Waals surface area contributed by atoms with Crippen molar-refractivity contribution < 1.29 is 29.0 Å². The molecule has 3 aliphatic heterocycles. The fourth-order valence-corrected chi connectivity index (χ4v) is 8.38. The van der Waals surface area contributed by atoms with Crippen LogP contribution in [0.15, 0.2) is 73.8 Å². The molecule has 4 heterocycles. The van der Waals surface area contributed by atoms with E-state index in [0.717, 1.165) is 5.52 Å². The van der Waals surface area contributed by atoms with E-state index in [4.69, 9.17) is 9.47 Å². The van der Waals surface area contributed by atoms with Crippen molar-refractivity contribution in [2.45, 2.75) is 70.5 Å². The fraction of sp³-hybridized carbons (Fsp3) is 0.486. The standard InChI is InChI=1S/C37H46N6O6/c1-7-19-40(23-42-29-14-12-11-13-28(29)38-39-42)35(47)32-37-21-24(5)36(6,49-37)30(31(37)34(46)43(32)25(9-3)22-44)33(45)41(20-8-2)26-15-17-27(18-16-26)48-10-4/h7-8,11-18,24-25,30-32,44H,1-2,9-10,19-23H2,3-6H3/t24?,25-,30-,31-,32?,36+,37?/m0/s1.